The molecule has 1 N–H and O–H groups in total. The molecule has 1 spiro atoms. The molecule has 3 aliphatic rings. The normalized spacial score (nSPS) is 38.6. The van der Waals surface area contributed by atoms with Gasteiger partial charge in [-0.25, -0.2) is 0 Å². The van der Waals surface area contributed by atoms with Crippen LogP contribution < -0.4 is 0 Å². The first-order valence-electron chi connectivity index (χ1n) is 7.70. The van der Waals surface area contributed by atoms with Crippen LogP contribution in [0.5, 0.6) is 0 Å². The second kappa shape index (κ2) is 4.89. The van der Waals surface area contributed by atoms with Gasteiger partial charge in [-0.2, -0.15) is 0 Å². The lowest BCUT2D eigenvalue weighted by Gasteiger charge is -2.54. The van der Waals surface area contributed by atoms with Crippen molar-refractivity contribution in [2.45, 2.75) is 76.4 Å². The molecule has 17 heavy (non-hydrogen) atoms. The second-order valence-electron chi connectivity index (χ2n) is 6.78. The summed E-state index contributed by atoms with van der Waals surface area (Å²) >= 11 is 0. The number of likely N-dealkylation sites (tertiary alicyclic amines) is 1. The summed E-state index contributed by atoms with van der Waals surface area (Å²) in [5.74, 6) is 0. The Morgan fingerprint density at radius 3 is 2.00 bits per heavy atom. The Kier molecular flexibility index (Phi) is 3.45. The molecule has 0 unspecified atom stereocenters. The van der Waals surface area contributed by atoms with E-state index in [0.717, 1.165) is 18.9 Å². The first kappa shape index (κ1) is 12.0. The molecule has 0 bridgehead atoms. The van der Waals surface area contributed by atoms with Gasteiger partial charge in [0.2, 0.25) is 0 Å². The van der Waals surface area contributed by atoms with Crippen molar-refractivity contribution < 1.29 is 5.11 Å². The highest BCUT2D eigenvalue weighted by atomic mass is 16.3. The van der Waals surface area contributed by atoms with Crippen LogP contribution in [0.4, 0.5) is 0 Å². The molecule has 2 saturated carbocycles. The maximum atomic E-state index is 9.56. The molecule has 0 radical (unpaired) electrons. The molecule has 0 aromatic heterocycles. The fourth-order valence-electron chi connectivity index (χ4n) is 4.29. The summed E-state index contributed by atoms with van der Waals surface area (Å²) < 4.78 is 0. The predicted molar refractivity (Wildman–Crippen MR) is 70.0 cm³/mol. The summed E-state index contributed by atoms with van der Waals surface area (Å²) in [5, 5.41) is 9.56. The summed E-state index contributed by atoms with van der Waals surface area (Å²) in [6.45, 7) is 2.74. The first-order chi connectivity index (χ1) is 8.27. The molecule has 3 rings (SSSR count). The molecule has 2 nitrogen and oxygen atoms in total. The molecule has 0 atom stereocenters. The number of aliphatic hydroxyl groups excluding tert-OH is 1. The fourth-order valence-corrected chi connectivity index (χ4v) is 4.29. The molecule has 1 aliphatic heterocycles. The van der Waals surface area contributed by atoms with Crippen molar-refractivity contribution in [1.29, 1.82) is 0 Å². The van der Waals surface area contributed by atoms with Crippen LogP contribution in [0.1, 0.15) is 64.2 Å². The number of hydrogen-bond acceptors (Lipinski definition) is 2. The van der Waals surface area contributed by atoms with Crippen LogP contribution in [0.3, 0.4) is 0 Å². The molecule has 1 heterocycles. The van der Waals surface area contributed by atoms with Gasteiger partial charge in [0.05, 0.1) is 6.10 Å². The Hall–Kier alpha value is -0.0800. The average molecular weight is 237 g/mol. The van der Waals surface area contributed by atoms with Crippen LogP contribution in [0, 0.1) is 5.41 Å². The van der Waals surface area contributed by atoms with Crippen LogP contribution in [0.15, 0.2) is 0 Å². The van der Waals surface area contributed by atoms with Gasteiger partial charge in [0, 0.05) is 19.1 Å². The fraction of sp³-hybridized carbons (Fsp3) is 1.00. The van der Waals surface area contributed by atoms with Gasteiger partial charge < -0.3 is 5.11 Å². The van der Waals surface area contributed by atoms with Crippen LogP contribution >= 0.6 is 0 Å². The van der Waals surface area contributed by atoms with Crippen LogP contribution in [-0.2, 0) is 0 Å². The standard InChI is InChI=1S/C15H27NO/c17-14-7-5-13(6-8-14)16-11-15(12-16)9-3-1-2-4-10-15/h13-14,17H,1-12H2. The summed E-state index contributed by atoms with van der Waals surface area (Å²) in [5.41, 5.74) is 0.715. The Morgan fingerprint density at radius 1 is 0.824 bits per heavy atom. The Morgan fingerprint density at radius 2 is 1.41 bits per heavy atom. The van der Waals surface area contributed by atoms with Crippen molar-refractivity contribution >= 4 is 0 Å². The van der Waals surface area contributed by atoms with E-state index in [2.05, 4.69) is 4.90 Å². The largest absolute Gasteiger partial charge is 0.393 e. The summed E-state index contributed by atoms with van der Waals surface area (Å²) in [6.07, 6.45) is 13.4. The maximum absolute atomic E-state index is 9.56. The zero-order valence-electron chi connectivity index (χ0n) is 11.0. The molecule has 0 aromatic rings. The molecule has 1 saturated heterocycles. The minimum atomic E-state index is -0.000586. The van der Waals surface area contributed by atoms with E-state index in [1.807, 2.05) is 0 Å². The van der Waals surface area contributed by atoms with Crippen molar-refractivity contribution in [3.63, 3.8) is 0 Å². The van der Waals surface area contributed by atoms with Crippen molar-refractivity contribution in [3.8, 4) is 0 Å². The minimum Gasteiger partial charge on any atom is -0.393 e. The zero-order valence-corrected chi connectivity index (χ0v) is 11.0. The molecule has 98 valence electrons. The van der Waals surface area contributed by atoms with Gasteiger partial charge in [-0.15, -0.1) is 0 Å². The molecule has 0 aromatic carbocycles. The van der Waals surface area contributed by atoms with Crippen molar-refractivity contribution in [2.75, 3.05) is 13.1 Å². The van der Waals surface area contributed by atoms with Gasteiger partial charge in [-0.3, -0.25) is 4.90 Å². The van der Waals surface area contributed by atoms with Crippen molar-refractivity contribution in [1.82, 2.24) is 4.90 Å². The zero-order chi connectivity index (χ0) is 11.7. The third-order valence-electron chi connectivity index (χ3n) is 5.42. The monoisotopic (exact) mass is 237 g/mol. The lowest BCUT2D eigenvalue weighted by atomic mass is 9.72. The SMILES string of the molecule is OC1CCC(N2CC3(CCCCCC3)C2)CC1. The molecule has 2 aliphatic carbocycles. The topological polar surface area (TPSA) is 23.5 Å². The van der Waals surface area contributed by atoms with E-state index in [9.17, 15) is 5.11 Å². The van der Waals surface area contributed by atoms with Gasteiger partial charge >= 0.3 is 0 Å². The lowest BCUT2D eigenvalue weighted by molar-refractivity contribution is -0.0593. The van der Waals surface area contributed by atoms with E-state index in [0.29, 0.717) is 5.41 Å². The number of rotatable bonds is 1. The van der Waals surface area contributed by atoms with Gasteiger partial charge in [0.15, 0.2) is 0 Å². The van der Waals surface area contributed by atoms with E-state index in [-0.39, 0.29) is 6.10 Å². The maximum Gasteiger partial charge on any atom is 0.0541 e. The molecular formula is C15H27NO. The first-order valence-corrected chi connectivity index (χ1v) is 7.70. The van der Waals surface area contributed by atoms with Crippen LogP contribution in [-0.4, -0.2) is 35.2 Å². The van der Waals surface area contributed by atoms with E-state index in [1.165, 1.54) is 64.5 Å². The van der Waals surface area contributed by atoms with Gasteiger partial charge in [0.25, 0.3) is 0 Å². The van der Waals surface area contributed by atoms with E-state index >= 15 is 0 Å². The number of aliphatic hydroxyl groups is 1. The second-order valence-corrected chi connectivity index (χ2v) is 6.78. The van der Waals surface area contributed by atoms with Crippen molar-refractivity contribution in [2.24, 2.45) is 5.41 Å². The predicted octanol–water partition coefficient (Wildman–Crippen LogP) is 2.95. The summed E-state index contributed by atoms with van der Waals surface area (Å²) in [7, 11) is 0. The summed E-state index contributed by atoms with van der Waals surface area (Å²) in [4.78, 5) is 2.72. The van der Waals surface area contributed by atoms with E-state index < -0.39 is 0 Å². The van der Waals surface area contributed by atoms with Crippen LogP contribution in [0.2, 0.25) is 0 Å². The Bertz CT molecular complexity index is 242. The Balaban J connectivity index is 1.49. The number of nitrogens with zero attached hydrogens (tertiary/aromatic N) is 1. The molecule has 0 amide bonds. The van der Waals surface area contributed by atoms with Gasteiger partial charge in [0.1, 0.15) is 0 Å². The van der Waals surface area contributed by atoms with E-state index in [1.54, 1.807) is 0 Å². The van der Waals surface area contributed by atoms with Crippen molar-refractivity contribution in [3.05, 3.63) is 0 Å². The molecule has 2 heteroatoms. The van der Waals surface area contributed by atoms with E-state index in [4.69, 9.17) is 0 Å². The summed E-state index contributed by atoms with van der Waals surface area (Å²) in [6, 6.07) is 0.798. The lowest BCUT2D eigenvalue weighted by Crippen LogP contribution is -2.60. The minimum absolute atomic E-state index is 0.000586. The Labute approximate surface area is 105 Å². The average Bonchev–Trinajstić information content (AvgIpc) is 2.54. The van der Waals surface area contributed by atoms with Gasteiger partial charge in [-0.05, 0) is 43.9 Å². The molecular weight excluding hydrogens is 210 g/mol. The molecule has 3 fully saturated rings. The van der Waals surface area contributed by atoms with Crippen LogP contribution in [0.25, 0.3) is 0 Å². The third-order valence-corrected chi connectivity index (χ3v) is 5.42. The number of hydrogen-bond donors (Lipinski definition) is 1. The smallest absolute Gasteiger partial charge is 0.0541 e. The third kappa shape index (κ3) is 2.53. The van der Waals surface area contributed by atoms with Gasteiger partial charge in [-0.1, -0.05) is 25.7 Å². The quantitative estimate of drug-likeness (QED) is 0.758. The highest BCUT2D eigenvalue weighted by Crippen LogP contribution is 2.45. The highest BCUT2D eigenvalue weighted by Gasteiger charge is 2.45. The highest BCUT2D eigenvalue weighted by molar-refractivity contribution is 4.98.